The zero-order valence-corrected chi connectivity index (χ0v) is 13.3. The Morgan fingerprint density at radius 3 is 2.68 bits per heavy atom. The summed E-state index contributed by atoms with van der Waals surface area (Å²) in [5.41, 5.74) is 8.13. The van der Waals surface area contributed by atoms with Crippen LogP contribution in [0.15, 0.2) is 16.6 Å². The van der Waals surface area contributed by atoms with Gasteiger partial charge in [0.2, 0.25) is 0 Å². The third-order valence-electron chi connectivity index (χ3n) is 3.92. The highest BCUT2D eigenvalue weighted by atomic mass is 79.9. The van der Waals surface area contributed by atoms with Crippen molar-refractivity contribution in [2.75, 3.05) is 13.2 Å². The number of benzene rings is 1. The van der Waals surface area contributed by atoms with E-state index in [4.69, 9.17) is 10.5 Å². The van der Waals surface area contributed by atoms with Crippen molar-refractivity contribution < 1.29 is 4.74 Å². The van der Waals surface area contributed by atoms with Crippen LogP contribution < -0.4 is 10.5 Å². The zero-order valence-electron chi connectivity index (χ0n) is 11.8. The number of hydrogen-bond donors (Lipinski definition) is 1. The van der Waals surface area contributed by atoms with E-state index in [2.05, 4.69) is 35.0 Å². The van der Waals surface area contributed by atoms with E-state index in [1.54, 1.807) is 0 Å². The predicted octanol–water partition coefficient (Wildman–Crippen LogP) is 4.22. The van der Waals surface area contributed by atoms with Crippen molar-refractivity contribution in [3.8, 4) is 5.75 Å². The fourth-order valence-corrected chi connectivity index (χ4v) is 3.52. The second kappa shape index (κ2) is 7.30. The minimum atomic E-state index is 0.662. The van der Waals surface area contributed by atoms with Gasteiger partial charge in [-0.15, -0.1) is 0 Å². The average Bonchev–Trinajstić information content (AvgIpc) is 2.39. The van der Waals surface area contributed by atoms with Crippen molar-refractivity contribution in [2.24, 2.45) is 11.7 Å². The summed E-state index contributed by atoms with van der Waals surface area (Å²) in [5.74, 6) is 1.79. The van der Waals surface area contributed by atoms with Gasteiger partial charge in [0.15, 0.2) is 0 Å². The summed E-state index contributed by atoms with van der Waals surface area (Å²) in [6.07, 6.45) is 7.64. The van der Waals surface area contributed by atoms with Gasteiger partial charge in [-0.05, 0) is 61.9 Å². The number of nitrogens with two attached hydrogens (primary N) is 1. The van der Waals surface area contributed by atoms with Gasteiger partial charge in [0, 0.05) is 4.47 Å². The standard InChI is InChI=1S/C16H24BrNO/c1-12-9-15(17)10-14(7-8-18)16(12)19-11-13-5-3-2-4-6-13/h9-10,13H,2-8,11,18H2,1H3. The summed E-state index contributed by atoms with van der Waals surface area (Å²) in [4.78, 5) is 0. The van der Waals surface area contributed by atoms with Crippen LogP contribution in [0.2, 0.25) is 0 Å². The molecule has 1 aliphatic carbocycles. The number of aryl methyl sites for hydroxylation is 1. The summed E-state index contributed by atoms with van der Waals surface area (Å²) in [6.45, 7) is 3.64. The molecule has 0 saturated heterocycles. The zero-order chi connectivity index (χ0) is 13.7. The molecule has 0 spiro atoms. The first-order valence-electron chi connectivity index (χ1n) is 7.32. The van der Waals surface area contributed by atoms with E-state index in [1.165, 1.54) is 43.2 Å². The molecule has 0 atom stereocenters. The van der Waals surface area contributed by atoms with E-state index in [9.17, 15) is 0 Å². The summed E-state index contributed by atoms with van der Waals surface area (Å²) >= 11 is 3.55. The van der Waals surface area contributed by atoms with Crippen LogP contribution in [0.5, 0.6) is 5.75 Å². The molecule has 0 heterocycles. The maximum atomic E-state index is 6.14. The molecule has 2 rings (SSSR count). The second-order valence-corrected chi connectivity index (χ2v) is 6.48. The van der Waals surface area contributed by atoms with Gasteiger partial charge in [0.1, 0.15) is 5.75 Å². The van der Waals surface area contributed by atoms with Gasteiger partial charge >= 0.3 is 0 Å². The monoisotopic (exact) mass is 325 g/mol. The third kappa shape index (κ3) is 4.22. The lowest BCUT2D eigenvalue weighted by Gasteiger charge is -2.23. The second-order valence-electron chi connectivity index (χ2n) is 5.56. The molecule has 1 aromatic carbocycles. The van der Waals surface area contributed by atoms with Crippen molar-refractivity contribution >= 4 is 15.9 Å². The van der Waals surface area contributed by atoms with E-state index < -0.39 is 0 Å². The molecule has 1 aliphatic rings. The predicted molar refractivity (Wildman–Crippen MR) is 83.7 cm³/mol. The van der Waals surface area contributed by atoms with Gasteiger partial charge in [-0.3, -0.25) is 0 Å². The van der Waals surface area contributed by atoms with E-state index in [1.807, 2.05) is 0 Å². The summed E-state index contributed by atoms with van der Waals surface area (Å²) in [7, 11) is 0. The number of hydrogen-bond acceptors (Lipinski definition) is 2. The van der Waals surface area contributed by atoms with Crippen molar-refractivity contribution in [2.45, 2.75) is 45.4 Å². The minimum absolute atomic E-state index is 0.662. The smallest absolute Gasteiger partial charge is 0.125 e. The van der Waals surface area contributed by atoms with Crippen LogP contribution in [-0.2, 0) is 6.42 Å². The Labute approximate surface area is 124 Å². The lowest BCUT2D eigenvalue weighted by atomic mass is 9.90. The molecule has 2 N–H and O–H groups in total. The quantitative estimate of drug-likeness (QED) is 0.879. The van der Waals surface area contributed by atoms with E-state index in [0.717, 1.165) is 29.2 Å². The Morgan fingerprint density at radius 2 is 2.00 bits per heavy atom. The first-order valence-corrected chi connectivity index (χ1v) is 8.12. The minimum Gasteiger partial charge on any atom is -0.493 e. The van der Waals surface area contributed by atoms with E-state index in [0.29, 0.717) is 6.54 Å². The molecule has 1 saturated carbocycles. The fourth-order valence-electron chi connectivity index (χ4n) is 2.90. The molecule has 0 aliphatic heterocycles. The molecule has 0 aromatic heterocycles. The van der Waals surface area contributed by atoms with Crippen molar-refractivity contribution in [1.29, 1.82) is 0 Å². The van der Waals surface area contributed by atoms with E-state index in [-0.39, 0.29) is 0 Å². The number of halogens is 1. The largest absolute Gasteiger partial charge is 0.493 e. The van der Waals surface area contributed by atoms with Crippen LogP contribution in [0.3, 0.4) is 0 Å². The Balaban J connectivity index is 2.05. The van der Waals surface area contributed by atoms with Gasteiger partial charge in [-0.1, -0.05) is 35.2 Å². The maximum Gasteiger partial charge on any atom is 0.125 e. The highest BCUT2D eigenvalue weighted by Gasteiger charge is 2.16. The highest BCUT2D eigenvalue weighted by molar-refractivity contribution is 9.10. The van der Waals surface area contributed by atoms with Crippen molar-refractivity contribution in [1.82, 2.24) is 0 Å². The molecule has 3 heteroatoms. The molecule has 0 unspecified atom stereocenters. The highest BCUT2D eigenvalue weighted by Crippen LogP contribution is 2.30. The molecular formula is C16H24BrNO. The topological polar surface area (TPSA) is 35.2 Å². The first kappa shape index (κ1) is 14.9. The SMILES string of the molecule is Cc1cc(Br)cc(CCN)c1OCC1CCCCC1. The third-order valence-corrected chi connectivity index (χ3v) is 4.38. The van der Waals surface area contributed by atoms with Crippen LogP contribution in [0.25, 0.3) is 0 Å². The molecule has 19 heavy (non-hydrogen) atoms. The van der Waals surface area contributed by atoms with Gasteiger partial charge in [-0.2, -0.15) is 0 Å². The maximum absolute atomic E-state index is 6.14. The normalized spacial score (nSPS) is 16.6. The number of ether oxygens (including phenoxy) is 1. The molecule has 1 aromatic rings. The lowest BCUT2D eigenvalue weighted by molar-refractivity contribution is 0.206. The van der Waals surface area contributed by atoms with Crippen LogP contribution in [-0.4, -0.2) is 13.2 Å². The summed E-state index contributed by atoms with van der Waals surface area (Å²) in [6, 6.07) is 4.26. The Kier molecular flexibility index (Phi) is 5.71. The van der Waals surface area contributed by atoms with Crippen molar-refractivity contribution in [3.63, 3.8) is 0 Å². The molecule has 0 bridgehead atoms. The Morgan fingerprint density at radius 1 is 1.26 bits per heavy atom. The molecule has 1 fully saturated rings. The number of rotatable bonds is 5. The van der Waals surface area contributed by atoms with Crippen LogP contribution in [0.1, 0.15) is 43.2 Å². The van der Waals surface area contributed by atoms with Crippen molar-refractivity contribution in [3.05, 3.63) is 27.7 Å². The van der Waals surface area contributed by atoms with Crippen LogP contribution >= 0.6 is 15.9 Å². The van der Waals surface area contributed by atoms with Gasteiger partial charge in [0.25, 0.3) is 0 Å². The fraction of sp³-hybridized carbons (Fsp3) is 0.625. The Hall–Kier alpha value is -0.540. The van der Waals surface area contributed by atoms with E-state index >= 15 is 0 Å². The van der Waals surface area contributed by atoms with Gasteiger partial charge < -0.3 is 10.5 Å². The lowest BCUT2D eigenvalue weighted by Crippen LogP contribution is -2.16. The first-order chi connectivity index (χ1) is 9.20. The summed E-state index contributed by atoms with van der Waals surface area (Å²) < 4.78 is 7.25. The van der Waals surface area contributed by atoms with Crippen LogP contribution in [0, 0.1) is 12.8 Å². The van der Waals surface area contributed by atoms with Gasteiger partial charge in [0.05, 0.1) is 6.61 Å². The molecular weight excluding hydrogens is 302 g/mol. The average molecular weight is 326 g/mol. The van der Waals surface area contributed by atoms with Crippen LogP contribution in [0.4, 0.5) is 0 Å². The molecule has 0 radical (unpaired) electrons. The Bertz CT molecular complexity index is 413. The molecule has 0 amide bonds. The molecule has 2 nitrogen and oxygen atoms in total. The molecule has 106 valence electrons. The summed E-state index contributed by atoms with van der Waals surface area (Å²) in [5, 5.41) is 0. The van der Waals surface area contributed by atoms with Gasteiger partial charge in [-0.25, -0.2) is 0 Å².